The van der Waals surface area contributed by atoms with Gasteiger partial charge in [-0.3, -0.25) is 0 Å². The average Bonchev–Trinajstić information content (AvgIpc) is 2.35. The molecule has 0 saturated heterocycles. The molecule has 0 amide bonds. The smallest absolute Gasteiger partial charge is 0.106 e. The lowest BCUT2D eigenvalue weighted by molar-refractivity contribution is 0.218. The molecule has 4 heteroatoms. The number of aromatic nitrogens is 2. The predicted molar refractivity (Wildman–Crippen MR) is 71.8 cm³/mol. The molecule has 0 aliphatic rings. The summed E-state index contributed by atoms with van der Waals surface area (Å²) in [5.41, 5.74) is 4.04. The van der Waals surface area contributed by atoms with Gasteiger partial charge in [-0.2, -0.15) is 10.2 Å². The molecule has 0 fully saturated rings. The van der Waals surface area contributed by atoms with Gasteiger partial charge in [-0.15, -0.1) is 0 Å². The first-order chi connectivity index (χ1) is 8.49. The van der Waals surface area contributed by atoms with Crippen LogP contribution in [0.4, 0.5) is 0 Å². The minimum absolute atomic E-state index is 0.656. The third kappa shape index (κ3) is 2.52. The van der Waals surface area contributed by atoms with Crippen molar-refractivity contribution in [1.82, 2.24) is 10.2 Å². The minimum Gasteiger partial charge on any atom is -0.384 e. The van der Waals surface area contributed by atoms with Crippen LogP contribution in [-0.4, -0.2) is 15.3 Å². The summed E-state index contributed by atoms with van der Waals surface area (Å²) in [6.07, 6.45) is -0.725. The molecule has 0 spiro atoms. The quantitative estimate of drug-likeness (QED) is 0.904. The van der Waals surface area contributed by atoms with Gasteiger partial charge in [0.2, 0.25) is 0 Å². The number of nitrogens with zero attached hydrogens (tertiary/aromatic N) is 2. The number of benzene rings is 1. The van der Waals surface area contributed by atoms with Gasteiger partial charge in [0.05, 0.1) is 11.4 Å². The fourth-order valence-electron chi connectivity index (χ4n) is 1.81. The van der Waals surface area contributed by atoms with Crippen LogP contribution < -0.4 is 0 Å². The monoisotopic (exact) mass is 262 g/mol. The van der Waals surface area contributed by atoms with Crippen LogP contribution in [-0.2, 0) is 0 Å². The van der Waals surface area contributed by atoms with Crippen molar-refractivity contribution in [2.45, 2.75) is 26.9 Å². The van der Waals surface area contributed by atoms with E-state index in [0.29, 0.717) is 5.02 Å². The van der Waals surface area contributed by atoms with Crippen LogP contribution >= 0.6 is 11.6 Å². The average molecular weight is 263 g/mol. The first-order valence-corrected chi connectivity index (χ1v) is 6.12. The van der Waals surface area contributed by atoms with Gasteiger partial charge in [0.15, 0.2) is 0 Å². The molecule has 3 nitrogen and oxygen atoms in total. The van der Waals surface area contributed by atoms with Gasteiger partial charge >= 0.3 is 0 Å². The molecule has 0 bridgehead atoms. The van der Waals surface area contributed by atoms with Gasteiger partial charge in [0.1, 0.15) is 6.10 Å². The second-order valence-corrected chi connectivity index (χ2v) is 4.84. The molecule has 1 aromatic carbocycles. The van der Waals surface area contributed by atoms with Crippen molar-refractivity contribution < 1.29 is 5.11 Å². The van der Waals surface area contributed by atoms with Gasteiger partial charge in [0.25, 0.3) is 0 Å². The van der Waals surface area contributed by atoms with Crippen LogP contribution in [0.2, 0.25) is 5.02 Å². The van der Waals surface area contributed by atoms with Crippen LogP contribution in [0.3, 0.4) is 0 Å². The second kappa shape index (κ2) is 5.04. The minimum atomic E-state index is -0.725. The number of aryl methyl sites for hydroxylation is 3. The molecule has 0 radical (unpaired) electrons. The Kier molecular flexibility index (Phi) is 3.64. The number of aliphatic hydroxyl groups excluding tert-OH is 1. The Hall–Kier alpha value is -1.45. The molecule has 1 heterocycles. The summed E-state index contributed by atoms with van der Waals surface area (Å²) in [6.45, 7) is 5.62. The molecular weight excluding hydrogens is 248 g/mol. The largest absolute Gasteiger partial charge is 0.384 e. The second-order valence-electron chi connectivity index (χ2n) is 4.44. The molecule has 1 N–H and O–H groups in total. The van der Waals surface area contributed by atoms with E-state index in [2.05, 4.69) is 10.2 Å². The summed E-state index contributed by atoms with van der Waals surface area (Å²) in [7, 11) is 0. The SMILES string of the molecule is Cc1cc(C(O)c2ccc(C)c(Cl)c2)c(C)nn1. The lowest BCUT2D eigenvalue weighted by atomic mass is 9.99. The molecule has 1 atom stereocenters. The normalized spacial score (nSPS) is 12.5. The number of rotatable bonds is 2. The van der Waals surface area contributed by atoms with Crippen LogP contribution in [0.25, 0.3) is 0 Å². The topological polar surface area (TPSA) is 46.0 Å². The van der Waals surface area contributed by atoms with E-state index in [4.69, 9.17) is 11.6 Å². The molecule has 18 heavy (non-hydrogen) atoms. The van der Waals surface area contributed by atoms with Crippen LogP contribution in [0.15, 0.2) is 24.3 Å². The maximum atomic E-state index is 10.4. The van der Waals surface area contributed by atoms with Gasteiger partial charge in [0, 0.05) is 10.6 Å². The zero-order valence-corrected chi connectivity index (χ0v) is 11.4. The van der Waals surface area contributed by atoms with Crippen LogP contribution in [0.1, 0.15) is 34.2 Å². The number of hydrogen-bond donors (Lipinski definition) is 1. The van der Waals surface area contributed by atoms with E-state index in [1.54, 1.807) is 6.07 Å². The van der Waals surface area contributed by atoms with E-state index >= 15 is 0 Å². The third-order valence-electron chi connectivity index (χ3n) is 2.95. The first kappa shape index (κ1) is 13.0. The Bertz CT molecular complexity index is 584. The van der Waals surface area contributed by atoms with E-state index in [1.807, 2.05) is 39.0 Å². The summed E-state index contributed by atoms with van der Waals surface area (Å²) >= 11 is 6.08. The summed E-state index contributed by atoms with van der Waals surface area (Å²) in [5, 5.41) is 19.0. The van der Waals surface area contributed by atoms with Crippen molar-refractivity contribution in [2.24, 2.45) is 0 Å². The highest BCUT2D eigenvalue weighted by Crippen LogP contribution is 2.27. The first-order valence-electron chi connectivity index (χ1n) is 5.74. The predicted octanol–water partition coefficient (Wildman–Crippen LogP) is 3.14. The van der Waals surface area contributed by atoms with Gasteiger partial charge < -0.3 is 5.11 Å². The Morgan fingerprint density at radius 3 is 2.50 bits per heavy atom. The number of aliphatic hydroxyl groups is 1. The Balaban J connectivity index is 2.44. The van der Waals surface area contributed by atoms with Crippen molar-refractivity contribution in [3.63, 3.8) is 0 Å². The summed E-state index contributed by atoms with van der Waals surface area (Å²) in [6, 6.07) is 7.41. The van der Waals surface area contributed by atoms with Gasteiger partial charge in [-0.25, -0.2) is 0 Å². The van der Waals surface area contributed by atoms with E-state index in [-0.39, 0.29) is 0 Å². The van der Waals surface area contributed by atoms with Crippen molar-refractivity contribution in [3.8, 4) is 0 Å². The summed E-state index contributed by atoms with van der Waals surface area (Å²) in [4.78, 5) is 0. The number of hydrogen-bond acceptors (Lipinski definition) is 3. The molecule has 2 rings (SSSR count). The van der Waals surface area contributed by atoms with Gasteiger partial charge in [-0.05, 0) is 44.0 Å². The fraction of sp³-hybridized carbons (Fsp3) is 0.286. The Labute approximate surface area is 111 Å². The highest BCUT2D eigenvalue weighted by Gasteiger charge is 2.15. The van der Waals surface area contributed by atoms with Crippen molar-refractivity contribution in [1.29, 1.82) is 0 Å². The highest BCUT2D eigenvalue weighted by atomic mass is 35.5. The Morgan fingerprint density at radius 1 is 1.11 bits per heavy atom. The lowest BCUT2D eigenvalue weighted by Crippen LogP contribution is -2.05. The zero-order chi connectivity index (χ0) is 13.3. The molecule has 2 aromatic rings. The van der Waals surface area contributed by atoms with Crippen molar-refractivity contribution in [3.05, 3.63) is 57.4 Å². The van der Waals surface area contributed by atoms with Crippen LogP contribution in [0, 0.1) is 20.8 Å². The molecule has 0 aliphatic heterocycles. The van der Waals surface area contributed by atoms with Crippen molar-refractivity contribution >= 4 is 11.6 Å². The Morgan fingerprint density at radius 2 is 1.83 bits per heavy atom. The lowest BCUT2D eigenvalue weighted by Gasteiger charge is -2.14. The van der Waals surface area contributed by atoms with E-state index in [9.17, 15) is 5.11 Å². The van der Waals surface area contributed by atoms with Gasteiger partial charge in [-0.1, -0.05) is 23.7 Å². The fourth-order valence-corrected chi connectivity index (χ4v) is 1.99. The molecule has 0 aliphatic carbocycles. The van der Waals surface area contributed by atoms with E-state index < -0.39 is 6.10 Å². The molecule has 1 aromatic heterocycles. The zero-order valence-electron chi connectivity index (χ0n) is 10.6. The standard InChI is InChI=1S/C14H15ClN2O/c1-8-4-5-11(7-13(8)15)14(18)12-6-9(2)16-17-10(12)3/h4-7,14,18H,1-3H3. The molecule has 94 valence electrons. The highest BCUT2D eigenvalue weighted by molar-refractivity contribution is 6.31. The maximum Gasteiger partial charge on any atom is 0.106 e. The summed E-state index contributed by atoms with van der Waals surface area (Å²) < 4.78 is 0. The maximum absolute atomic E-state index is 10.4. The number of halogens is 1. The van der Waals surface area contributed by atoms with E-state index in [1.165, 1.54) is 0 Å². The van der Waals surface area contributed by atoms with Crippen molar-refractivity contribution in [2.75, 3.05) is 0 Å². The van der Waals surface area contributed by atoms with E-state index in [0.717, 1.165) is 28.1 Å². The third-order valence-corrected chi connectivity index (χ3v) is 3.35. The molecule has 1 unspecified atom stereocenters. The summed E-state index contributed by atoms with van der Waals surface area (Å²) in [5.74, 6) is 0. The van der Waals surface area contributed by atoms with Crippen LogP contribution in [0.5, 0.6) is 0 Å². The molecular formula is C14H15ClN2O. The molecule has 0 saturated carbocycles.